The molecule has 1 atom stereocenters. The van der Waals surface area contributed by atoms with Crippen molar-refractivity contribution in [3.63, 3.8) is 0 Å². The Morgan fingerprint density at radius 2 is 1.48 bits per heavy atom. The first-order chi connectivity index (χ1) is 19.5. The summed E-state index contributed by atoms with van der Waals surface area (Å²) in [6.07, 6.45) is 4.51. The largest absolute Gasteiger partial charge is 0.415 e. The number of carbonyl (C=O) groups excluding carboxylic acids is 4. The maximum absolute atomic E-state index is 13.1. The number of hydroxylamine groups is 1. The van der Waals surface area contributed by atoms with E-state index < -0.39 is 12.0 Å². The SMILES string of the molecule is O=C(CC(CC1CCCC1)C(=O)NCC(=O)N1CCN(C(=O)Oc2ccccc2)CC1)NOCc1ccccc1. The van der Waals surface area contributed by atoms with Crippen molar-refractivity contribution in [3.05, 3.63) is 66.2 Å². The van der Waals surface area contributed by atoms with Crippen LogP contribution < -0.4 is 15.5 Å². The molecule has 4 rings (SSSR count). The second-order valence-electron chi connectivity index (χ2n) is 10.4. The van der Waals surface area contributed by atoms with Crippen LogP contribution in [0.15, 0.2) is 60.7 Å². The molecule has 214 valence electrons. The molecular formula is C30H38N4O6. The lowest BCUT2D eigenvalue weighted by atomic mass is 9.90. The second kappa shape index (κ2) is 15.0. The molecule has 1 saturated carbocycles. The molecular weight excluding hydrogens is 512 g/mol. The third-order valence-electron chi connectivity index (χ3n) is 7.42. The number of para-hydroxylation sites is 1. The molecule has 2 fully saturated rings. The summed E-state index contributed by atoms with van der Waals surface area (Å²) in [5, 5.41) is 2.75. The Morgan fingerprint density at radius 1 is 0.850 bits per heavy atom. The number of ether oxygens (including phenoxy) is 1. The lowest BCUT2D eigenvalue weighted by Crippen LogP contribution is -2.53. The molecule has 0 bridgehead atoms. The summed E-state index contributed by atoms with van der Waals surface area (Å²) >= 11 is 0. The van der Waals surface area contributed by atoms with Crippen LogP contribution in [-0.2, 0) is 25.8 Å². The summed E-state index contributed by atoms with van der Waals surface area (Å²) in [5.74, 6) is -0.562. The monoisotopic (exact) mass is 550 g/mol. The van der Waals surface area contributed by atoms with E-state index in [-0.39, 0.29) is 37.3 Å². The highest BCUT2D eigenvalue weighted by atomic mass is 16.6. The summed E-state index contributed by atoms with van der Waals surface area (Å²) in [6.45, 7) is 1.48. The summed E-state index contributed by atoms with van der Waals surface area (Å²) in [4.78, 5) is 59.4. The van der Waals surface area contributed by atoms with Crippen molar-refractivity contribution >= 4 is 23.8 Å². The van der Waals surface area contributed by atoms with Gasteiger partial charge in [0.05, 0.1) is 13.2 Å². The highest BCUT2D eigenvalue weighted by Gasteiger charge is 2.29. The van der Waals surface area contributed by atoms with Crippen LogP contribution in [0.5, 0.6) is 5.75 Å². The van der Waals surface area contributed by atoms with Gasteiger partial charge in [-0.3, -0.25) is 19.2 Å². The predicted molar refractivity (Wildman–Crippen MR) is 148 cm³/mol. The average molecular weight is 551 g/mol. The molecule has 10 nitrogen and oxygen atoms in total. The van der Waals surface area contributed by atoms with Crippen LogP contribution in [0, 0.1) is 11.8 Å². The van der Waals surface area contributed by atoms with E-state index in [9.17, 15) is 19.2 Å². The van der Waals surface area contributed by atoms with Crippen LogP contribution in [0.4, 0.5) is 4.79 Å². The average Bonchev–Trinajstić information content (AvgIpc) is 3.50. The van der Waals surface area contributed by atoms with Crippen molar-refractivity contribution < 1.29 is 28.8 Å². The number of nitrogens with zero attached hydrogens (tertiary/aromatic N) is 2. The van der Waals surface area contributed by atoms with E-state index in [0.717, 1.165) is 31.2 Å². The van der Waals surface area contributed by atoms with Gasteiger partial charge in [0.2, 0.25) is 17.7 Å². The van der Waals surface area contributed by atoms with Gasteiger partial charge in [0.15, 0.2) is 0 Å². The van der Waals surface area contributed by atoms with Gasteiger partial charge in [-0.25, -0.2) is 10.3 Å². The van der Waals surface area contributed by atoms with Gasteiger partial charge in [0, 0.05) is 38.5 Å². The van der Waals surface area contributed by atoms with E-state index in [1.54, 1.807) is 34.1 Å². The van der Waals surface area contributed by atoms with Gasteiger partial charge in [-0.15, -0.1) is 0 Å². The standard InChI is InChI=1S/C30H38N4O6/c35-27(32-39-22-24-11-3-1-4-12-24)20-25(19-23-9-7-8-10-23)29(37)31-21-28(36)33-15-17-34(18-16-33)30(38)40-26-13-5-2-6-14-26/h1-6,11-14,23,25H,7-10,15-22H2,(H,31,37)(H,32,35). The molecule has 10 heteroatoms. The quantitative estimate of drug-likeness (QED) is 0.415. The van der Waals surface area contributed by atoms with E-state index in [4.69, 9.17) is 9.57 Å². The first-order valence-corrected chi connectivity index (χ1v) is 14.0. The second-order valence-corrected chi connectivity index (χ2v) is 10.4. The minimum Gasteiger partial charge on any atom is -0.410 e. The van der Waals surface area contributed by atoms with Gasteiger partial charge < -0.3 is 19.9 Å². The van der Waals surface area contributed by atoms with E-state index >= 15 is 0 Å². The van der Waals surface area contributed by atoms with Crippen molar-refractivity contribution in [2.75, 3.05) is 32.7 Å². The summed E-state index contributed by atoms with van der Waals surface area (Å²) < 4.78 is 5.37. The zero-order valence-electron chi connectivity index (χ0n) is 22.8. The molecule has 1 heterocycles. The van der Waals surface area contributed by atoms with Crippen molar-refractivity contribution in [1.29, 1.82) is 0 Å². The third-order valence-corrected chi connectivity index (χ3v) is 7.42. The summed E-state index contributed by atoms with van der Waals surface area (Å²) in [7, 11) is 0. The van der Waals surface area contributed by atoms with Crippen LogP contribution in [0.3, 0.4) is 0 Å². The smallest absolute Gasteiger partial charge is 0.410 e. The van der Waals surface area contributed by atoms with Gasteiger partial charge in [0.25, 0.3) is 0 Å². The molecule has 0 spiro atoms. The molecule has 1 aliphatic carbocycles. The first-order valence-electron chi connectivity index (χ1n) is 14.0. The Balaban J connectivity index is 1.21. The number of nitrogens with one attached hydrogen (secondary N) is 2. The fourth-order valence-corrected chi connectivity index (χ4v) is 5.18. The highest BCUT2D eigenvalue weighted by molar-refractivity contribution is 5.89. The Labute approximate surface area is 234 Å². The van der Waals surface area contributed by atoms with Gasteiger partial charge >= 0.3 is 6.09 Å². The lowest BCUT2D eigenvalue weighted by molar-refractivity contribution is -0.139. The van der Waals surface area contributed by atoms with E-state index in [2.05, 4.69) is 10.8 Å². The zero-order valence-corrected chi connectivity index (χ0v) is 22.8. The van der Waals surface area contributed by atoms with E-state index in [0.29, 0.717) is 44.3 Å². The minimum absolute atomic E-state index is 0.00643. The number of piperazine rings is 1. The molecule has 2 N–H and O–H groups in total. The molecule has 1 aliphatic heterocycles. The molecule has 2 aromatic carbocycles. The number of rotatable bonds is 11. The Bertz CT molecular complexity index is 1120. The molecule has 4 amide bonds. The molecule has 1 unspecified atom stereocenters. The zero-order chi connectivity index (χ0) is 28.2. The number of benzene rings is 2. The minimum atomic E-state index is -0.541. The van der Waals surface area contributed by atoms with Crippen LogP contribution in [0.25, 0.3) is 0 Å². The molecule has 2 aliphatic rings. The highest BCUT2D eigenvalue weighted by Crippen LogP contribution is 2.31. The lowest BCUT2D eigenvalue weighted by Gasteiger charge is -2.34. The van der Waals surface area contributed by atoms with Crippen molar-refractivity contribution in [3.8, 4) is 5.75 Å². The summed E-state index contributed by atoms with van der Waals surface area (Å²) in [6, 6.07) is 18.3. The molecule has 40 heavy (non-hydrogen) atoms. The number of carbonyl (C=O) groups is 4. The maximum Gasteiger partial charge on any atom is 0.415 e. The number of amides is 4. The maximum atomic E-state index is 13.1. The Hall–Kier alpha value is -3.92. The normalized spacial score (nSPS) is 16.3. The molecule has 1 saturated heterocycles. The van der Waals surface area contributed by atoms with Gasteiger partial charge in [-0.05, 0) is 30.0 Å². The van der Waals surface area contributed by atoms with Gasteiger partial charge in [0.1, 0.15) is 5.75 Å². The predicted octanol–water partition coefficient (Wildman–Crippen LogP) is 3.28. The van der Waals surface area contributed by atoms with Gasteiger partial charge in [-0.2, -0.15) is 0 Å². The Morgan fingerprint density at radius 3 is 2.15 bits per heavy atom. The Kier molecular flexibility index (Phi) is 10.9. The topological polar surface area (TPSA) is 117 Å². The van der Waals surface area contributed by atoms with Crippen LogP contribution in [0.1, 0.15) is 44.1 Å². The van der Waals surface area contributed by atoms with Crippen molar-refractivity contribution in [1.82, 2.24) is 20.6 Å². The molecule has 0 radical (unpaired) electrons. The third kappa shape index (κ3) is 9.08. The van der Waals surface area contributed by atoms with Crippen molar-refractivity contribution in [2.24, 2.45) is 11.8 Å². The van der Waals surface area contributed by atoms with Crippen molar-refractivity contribution in [2.45, 2.75) is 45.1 Å². The number of hydrogen-bond acceptors (Lipinski definition) is 6. The van der Waals surface area contributed by atoms with E-state index in [1.165, 1.54) is 0 Å². The number of hydrogen-bond donors (Lipinski definition) is 2. The molecule has 0 aromatic heterocycles. The fraction of sp³-hybridized carbons (Fsp3) is 0.467. The van der Waals surface area contributed by atoms with Crippen LogP contribution >= 0.6 is 0 Å². The van der Waals surface area contributed by atoms with E-state index in [1.807, 2.05) is 36.4 Å². The first kappa shape index (κ1) is 29.1. The fourth-order valence-electron chi connectivity index (χ4n) is 5.18. The summed E-state index contributed by atoms with van der Waals surface area (Å²) in [5.41, 5.74) is 3.38. The molecule has 2 aromatic rings. The van der Waals surface area contributed by atoms with Crippen LogP contribution in [0.2, 0.25) is 0 Å². The van der Waals surface area contributed by atoms with Crippen LogP contribution in [-0.4, -0.2) is 66.3 Å². The van der Waals surface area contributed by atoms with Gasteiger partial charge in [-0.1, -0.05) is 74.2 Å².